The van der Waals surface area contributed by atoms with Crippen molar-refractivity contribution >= 4 is 9.84 Å². The fourth-order valence-corrected chi connectivity index (χ4v) is 4.65. The highest BCUT2D eigenvalue weighted by Gasteiger charge is 2.17. The molecule has 1 saturated heterocycles. The predicted octanol–water partition coefficient (Wildman–Crippen LogP) is 3.04. The van der Waals surface area contributed by atoms with Gasteiger partial charge in [-0.15, -0.1) is 0 Å². The number of ether oxygens (including phenoxy) is 2. The zero-order valence-electron chi connectivity index (χ0n) is 21.1. The number of rotatable bonds is 10. The first-order valence-corrected chi connectivity index (χ1v) is 14.3. The molecule has 37 heavy (non-hydrogen) atoms. The van der Waals surface area contributed by atoms with E-state index >= 15 is 0 Å². The highest BCUT2D eigenvalue weighted by atomic mass is 32.2. The van der Waals surface area contributed by atoms with E-state index in [4.69, 9.17) is 14.5 Å². The van der Waals surface area contributed by atoms with Crippen molar-refractivity contribution in [2.45, 2.75) is 31.9 Å². The Morgan fingerprint density at radius 2 is 1.97 bits per heavy atom. The van der Waals surface area contributed by atoms with Crippen LogP contribution in [0.15, 0.2) is 48.8 Å². The number of benzene rings is 1. The molecule has 0 bridgehead atoms. The average Bonchev–Trinajstić information content (AvgIpc) is 2.89. The van der Waals surface area contributed by atoms with Gasteiger partial charge in [0.05, 0.1) is 35.9 Å². The van der Waals surface area contributed by atoms with Gasteiger partial charge in [0, 0.05) is 56.6 Å². The molecule has 2 aromatic heterocycles. The van der Waals surface area contributed by atoms with Crippen molar-refractivity contribution in [1.82, 2.24) is 19.9 Å². The Kier molecular flexibility index (Phi) is 8.82. The van der Waals surface area contributed by atoms with E-state index in [1.54, 1.807) is 18.5 Å². The van der Waals surface area contributed by atoms with Crippen LogP contribution < -0.4 is 4.74 Å². The summed E-state index contributed by atoms with van der Waals surface area (Å²) in [7, 11) is -1.11. The van der Waals surface area contributed by atoms with E-state index in [1.165, 1.54) is 6.26 Å². The Morgan fingerprint density at radius 1 is 1.16 bits per heavy atom. The Morgan fingerprint density at radius 3 is 2.68 bits per heavy atom. The monoisotopic (exact) mass is 521 g/mol. The summed E-state index contributed by atoms with van der Waals surface area (Å²) in [6.45, 7) is 2.38. The first-order valence-electron chi connectivity index (χ1n) is 12.2. The second-order valence-electron chi connectivity index (χ2n) is 9.31. The van der Waals surface area contributed by atoms with Gasteiger partial charge in [-0.3, -0.25) is 9.88 Å². The van der Waals surface area contributed by atoms with Gasteiger partial charge in [0.1, 0.15) is 33.6 Å². The highest BCUT2D eigenvalue weighted by Crippen LogP contribution is 2.27. The zero-order valence-corrected chi connectivity index (χ0v) is 21.9. The Balaban J connectivity index is 1.40. The summed E-state index contributed by atoms with van der Waals surface area (Å²) in [5.74, 6) is 1.36. The Hall–Kier alpha value is -3.39. The summed E-state index contributed by atoms with van der Waals surface area (Å²) in [5.41, 5.74) is 3.87. The van der Waals surface area contributed by atoms with Crippen LogP contribution >= 0.6 is 0 Å². The van der Waals surface area contributed by atoms with Crippen LogP contribution in [0.5, 0.6) is 5.75 Å². The third-order valence-corrected chi connectivity index (χ3v) is 7.01. The van der Waals surface area contributed by atoms with Crippen molar-refractivity contribution in [3.05, 3.63) is 71.4 Å². The van der Waals surface area contributed by atoms with Crippen LogP contribution in [-0.2, 0) is 27.5 Å². The average molecular weight is 522 g/mol. The summed E-state index contributed by atoms with van der Waals surface area (Å²) in [5, 5.41) is 9.69. The van der Waals surface area contributed by atoms with Crippen LogP contribution in [0.2, 0.25) is 0 Å². The van der Waals surface area contributed by atoms with Gasteiger partial charge in [-0.1, -0.05) is 6.07 Å². The van der Waals surface area contributed by atoms with Gasteiger partial charge in [-0.05, 0) is 42.9 Å². The van der Waals surface area contributed by atoms with Crippen LogP contribution in [0.4, 0.5) is 0 Å². The van der Waals surface area contributed by atoms with Gasteiger partial charge in [-0.2, -0.15) is 5.26 Å². The standard InChI is InChI=1S/C27H31N5O4S/c1-32(11-14-37(2,33)34)19-23-5-3-20(18-30-23)15-27-29-10-7-25(31-27)21-4-6-26(22(16-21)17-28)36-24-8-12-35-13-9-24/h3-7,10,16,18,24H,8-9,11-15,19H2,1-2H3. The summed E-state index contributed by atoms with van der Waals surface area (Å²) in [6, 6.07) is 13.5. The number of hydrogen-bond donors (Lipinski definition) is 0. The lowest BCUT2D eigenvalue weighted by atomic mass is 10.1. The van der Waals surface area contributed by atoms with Crippen molar-refractivity contribution in [3.8, 4) is 23.1 Å². The third-order valence-electron chi connectivity index (χ3n) is 6.09. The van der Waals surface area contributed by atoms with Crippen LogP contribution in [0.3, 0.4) is 0 Å². The van der Waals surface area contributed by atoms with E-state index in [0.717, 1.165) is 35.4 Å². The van der Waals surface area contributed by atoms with Crippen LogP contribution in [0.1, 0.15) is 35.5 Å². The molecule has 4 rings (SSSR count). The Bertz CT molecular complexity index is 1350. The van der Waals surface area contributed by atoms with Gasteiger partial charge in [-0.25, -0.2) is 18.4 Å². The second kappa shape index (κ2) is 12.2. The van der Waals surface area contributed by atoms with Crippen LogP contribution in [-0.4, -0.2) is 73.2 Å². The van der Waals surface area contributed by atoms with E-state index in [-0.39, 0.29) is 11.9 Å². The molecule has 1 fully saturated rings. The van der Waals surface area contributed by atoms with Crippen LogP contribution in [0.25, 0.3) is 11.3 Å². The van der Waals surface area contributed by atoms with Crippen molar-refractivity contribution < 1.29 is 17.9 Å². The van der Waals surface area contributed by atoms with E-state index in [1.807, 2.05) is 42.3 Å². The maximum absolute atomic E-state index is 11.4. The zero-order chi connectivity index (χ0) is 26.3. The maximum atomic E-state index is 11.4. The predicted molar refractivity (Wildman–Crippen MR) is 140 cm³/mol. The first kappa shape index (κ1) is 26.7. The van der Waals surface area contributed by atoms with E-state index in [9.17, 15) is 13.7 Å². The molecule has 0 N–H and O–H groups in total. The lowest BCUT2D eigenvalue weighted by Gasteiger charge is -2.23. The minimum absolute atomic E-state index is 0.0604. The molecule has 10 heteroatoms. The summed E-state index contributed by atoms with van der Waals surface area (Å²) in [6.07, 6.45) is 6.97. The summed E-state index contributed by atoms with van der Waals surface area (Å²) >= 11 is 0. The molecular weight excluding hydrogens is 490 g/mol. The van der Waals surface area contributed by atoms with Crippen molar-refractivity contribution in [1.29, 1.82) is 5.26 Å². The molecule has 1 aromatic carbocycles. The molecule has 194 valence electrons. The maximum Gasteiger partial charge on any atom is 0.148 e. The Labute approximate surface area is 218 Å². The van der Waals surface area contributed by atoms with E-state index in [0.29, 0.717) is 49.9 Å². The lowest BCUT2D eigenvalue weighted by molar-refractivity contribution is 0.0254. The van der Waals surface area contributed by atoms with Crippen molar-refractivity contribution in [2.75, 3.05) is 38.8 Å². The molecule has 0 atom stereocenters. The van der Waals surface area contributed by atoms with Gasteiger partial charge >= 0.3 is 0 Å². The molecule has 3 aromatic rings. The van der Waals surface area contributed by atoms with Gasteiger partial charge in [0.2, 0.25) is 0 Å². The number of nitrogens with zero attached hydrogens (tertiary/aromatic N) is 5. The fourth-order valence-electron chi connectivity index (χ4n) is 4.01. The summed E-state index contributed by atoms with van der Waals surface area (Å²) in [4.78, 5) is 15.6. The van der Waals surface area contributed by atoms with Crippen LogP contribution in [0, 0.1) is 11.3 Å². The number of nitriles is 1. The summed E-state index contributed by atoms with van der Waals surface area (Å²) < 4.78 is 34.2. The fraction of sp³-hybridized carbons (Fsp3) is 0.407. The largest absolute Gasteiger partial charge is 0.489 e. The molecule has 3 heterocycles. The molecule has 0 unspecified atom stereocenters. The minimum Gasteiger partial charge on any atom is -0.489 e. The topological polar surface area (TPSA) is 118 Å². The molecule has 0 radical (unpaired) electrons. The number of sulfone groups is 1. The molecule has 9 nitrogen and oxygen atoms in total. The molecule has 0 aliphatic carbocycles. The van der Waals surface area contributed by atoms with Crippen molar-refractivity contribution in [2.24, 2.45) is 0 Å². The third kappa shape index (κ3) is 8.05. The van der Waals surface area contributed by atoms with Crippen molar-refractivity contribution in [3.63, 3.8) is 0 Å². The molecule has 0 spiro atoms. The molecule has 1 aliphatic rings. The molecule has 1 aliphatic heterocycles. The first-order chi connectivity index (χ1) is 17.8. The van der Waals surface area contributed by atoms with Gasteiger partial charge in [0.25, 0.3) is 0 Å². The molecule has 0 amide bonds. The quantitative estimate of drug-likeness (QED) is 0.397. The van der Waals surface area contributed by atoms with Gasteiger partial charge < -0.3 is 9.47 Å². The van der Waals surface area contributed by atoms with E-state index < -0.39 is 9.84 Å². The highest BCUT2D eigenvalue weighted by molar-refractivity contribution is 7.90. The number of hydrogen-bond acceptors (Lipinski definition) is 9. The normalized spacial score (nSPS) is 14.4. The molecular formula is C27H31N5O4S. The second-order valence-corrected chi connectivity index (χ2v) is 11.6. The smallest absolute Gasteiger partial charge is 0.148 e. The molecule has 0 saturated carbocycles. The number of aromatic nitrogens is 3. The minimum atomic E-state index is -2.99. The number of pyridine rings is 1. The lowest BCUT2D eigenvalue weighted by Crippen LogP contribution is -2.26. The SMILES string of the molecule is CN(CCS(C)(=O)=O)Cc1ccc(Cc2nccc(-c3ccc(OC4CCOCC4)c(C#N)c3)n2)cn1. The van der Waals surface area contributed by atoms with E-state index in [2.05, 4.69) is 16.0 Å². The van der Waals surface area contributed by atoms with Gasteiger partial charge in [0.15, 0.2) is 0 Å².